The largest absolute Gasteiger partial charge is 0.464 e. The quantitative estimate of drug-likeness (QED) is 0.109. The van der Waals surface area contributed by atoms with Crippen LogP contribution in [-0.2, 0) is 24.0 Å². The van der Waals surface area contributed by atoms with Crippen LogP contribution in [0.15, 0.2) is 100 Å². The molecule has 13 heteroatoms. The molecule has 240 valence electrons. The van der Waals surface area contributed by atoms with Crippen LogP contribution in [0.5, 0.6) is 28.7 Å². The van der Waals surface area contributed by atoms with Gasteiger partial charge in [-0.3, -0.25) is 33.6 Å². The van der Waals surface area contributed by atoms with E-state index in [-0.39, 0.29) is 83.2 Å². The van der Waals surface area contributed by atoms with Gasteiger partial charge in [-0.1, -0.05) is 24.3 Å². The van der Waals surface area contributed by atoms with Gasteiger partial charge in [0.05, 0.1) is 23.1 Å². The van der Waals surface area contributed by atoms with Gasteiger partial charge in [0.15, 0.2) is 11.2 Å². The summed E-state index contributed by atoms with van der Waals surface area (Å²) in [6.07, 6.45) is 1.11. The van der Waals surface area contributed by atoms with Crippen LogP contribution < -0.4 is 29.1 Å². The SMILES string of the molecule is O=COc1ccc(C(c2ccc(OC=O)cc2)[C@@H](C(=O)c2ccc(OC=O)cc2OC=O)c2coc3cc(OC=O)ccc3c2=O)cc1. The van der Waals surface area contributed by atoms with E-state index in [1.165, 1.54) is 54.6 Å². The Morgan fingerprint density at radius 3 is 1.60 bits per heavy atom. The summed E-state index contributed by atoms with van der Waals surface area (Å²) in [5.74, 6) is -2.83. The Morgan fingerprint density at radius 2 is 1.06 bits per heavy atom. The van der Waals surface area contributed by atoms with Crippen molar-refractivity contribution >= 4 is 49.1 Å². The van der Waals surface area contributed by atoms with Crippen LogP contribution in [0.4, 0.5) is 0 Å². The molecule has 0 bridgehead atoms. The third-order valence-electron chi connectivity index (χ3n) is 7.33. The third kappa shape index (κ3) is 6.84. The second kappa shape index (κ2) is 14.9. The number of benzene rings is 4. The third-order valence-corrected chi connectivity index (χ3v) is 7.33. The standard InChI is InChI=1S/C35H22O13/c36-16-44-23-5-1-21(2-6-23)32(22-3-7-24(8-4-22)45-17-37)33(35(42)28-12-10-26(47-19-39)14-31(28)48-20-40)29-15-43-30-13-25(46-18-38)9-11-27(30)34(29)41/h1-20,32-33H/t33-/m0/s1. The fourth-order valence-corrected chi connectivity index (χ4v) is 5.29. The highest BCUT2D eigenvalue weighted by molar-refractivity contribution is 6.05. The zero-order valence-corrected chi connectivity index (χ0v) is 24.5. The molecule has 13 nitrogen and oxygen atoms in total. The van der Waals surface area contributed by atoms with Crippen molar-refractivity contribution in [2.24, 2.45) is 0 Å². The molecule has 0 spiro atoms. The average molecular weight is 651 g/mol. The molecule has 0 radical (unpaired) electrons. The van der Waals surface area contributed by atoms with E-state index in [0.29, 0.717) is 11.1 Å². The van der Waals surface area contributed by atoms with Gasteiger partial charge in [-0.25, -0.2) is 0 Å². The van der Waals surface area contributed by atoms with Crippen molar-refractivity contribution in [1.82, 2.24) is 0 Å². The number of ketones is 1. The van der Waals surface area contributed by atoms with Crippen molar-refractivity contribution in [1.29, 1.82) is 0 Å². The summed E-state index contributed by atoms with van der Waals surface area (Å²) in [6, 6.07) is 20.2. The normalized spacial score (nSPS) is 11.2. The maximum atomic E-state index is 14.8. The van der Waals surface area contributed by atoms with E-state index in [1.54, 1.807) is 24.3 Å². The number of carbonyl (C=O) groups is 6. The molecule has 0 unspecified atom stereocenters. The first kappa shape index (κ1) is 32.5. The summed E-state index contributed by atoms with van der Waals surface area (Å²) in [7, 11) is 0. The van der Waals surface area contributed by atoms with E-state index >= 15 is 0 Å². The van der Waals surface area contributed by atoms with E-state index in [0.717, 1.165) is 12.3 Å². The fourth-order valence-electron chi connectivity index (χ4n) is 5.29. The number of carbonyl (C=O) groups excluding carboxylic acids is 6. The predicted molar refractivity (Wildman–Crippen MR) is 164 cm³/mol. The molecular weight excluding hydrogens is 628 g/mol. The summed E-state index contributed by atoms with van der Waals surface area (Å²) < 4.78 is 30.5. The van der Waals surface area contributed by atoms with Crippen molar-refractivity contribution in [3.05, 3.63) is 124 Å². The smallest absolute Gasteiger partial charge is 0.298 e. The molecule has 5 aromatic rings. The summed E-state index contributed by atoms with van der Waals surface area (Å²) >= 11 is 0. The van der Waals surface area contributed by atoms with Crippen molar-refractivity contribution < 1.29 is 56.9 Å². The van der Waals surface area contributed by atoms with E-state index in [2.05, 4.69) is 0 Å². The molecule has 0 saturated heterocycles. The Hall–Kier alpha value is -6.89. The first-order valence-corrected chi connectivity index (χ1v) is 13.9. The molecule has 48 heavy (non-hydrogen) atoms. The maximum absolute atomic E-state index is 14.8. The Bertz CT molecular complexity index is 1990. The van der Waals surface area contributed by atoms with Crippen LogP contribution >= 0.6 is 0 Å². The van der Waals surface area contributed by atoms with Crippen LogP contribution in [-0.4, -0.2) is 38.1 Å². The van der Waals surface area contributed by atoms with Crippen LogP contribution in [0.25, 0.3) is 11.0 Å². The number of Topliss-reactive ketones (excluding diaryl/α,β-unsaturated/α-hetero) is 1. The Labute approximate surface area is 270 Å². The van der Waals surface area contributed by atoms with Gasteiger partial charge < -0.3 is 28.1 Å². The highest BCUT2D eigenvalue weighted by Gasteiger charge is 2.37. The van der Waals surface area contributed by atoms with Crippen molar-refractivity contribution in [2.75, 3.05) is 0 Å². The van der Waals surface area contributed by atoms with Gasteiger partial charge in [0.2, 0.25) is 0 Å². The van der Waals surface area contributed by atoms with E-state index in [1.807, 2.05) is 0 Å². The number of hydrogen-bond acceptors (Lipinski definition) is 13. The molecule has 1 atom stereocenters. The van der Waals surface area contributed by atoms with Crippen molar-refractivity contribution in [3.8, 4) is 28.7 Å². The molecule has 5 rings (SSSR count). The molecule has 0 N–H and O–H groups in total. The Balaban J connectivity index is 1.79. The molecule has 0 saturated carbocycles. The summed E-state index contributed by atoms with van der Waals surface area (Å²) in [5, 5.41) is 0.0610. The topological polar surface area (TPSA) is 179 Å². The minimum atomic E-state index is -1.39. The van der Waals surface area contributed by atoms with Crippen molar-refractivity contribution in [2.45, 2.75) is 11.8 Å². The number of fused-ring (bicyclic) bond motifs is 1. The van der Waals surface area contributed by atoms with Gasteiger partial charge in [-0.15, -0.1) is 0 Å². The molecule has 0 fully saturated rings. The number of rotatable bonds is 16. The zero-order chi connectivity index (χ0) is 34.0. The Kier molecular flexibility index (Phi) is 10.1. The molecule has 0 aliphatic heterocycles. The molecule has 0 aliphatic carbocycles. The van der Waals surface area contributed by atoms with Crippen LogP contribution in [0.1, 0.15) is 38.9 Å². The Morgan fingerprint density at radius 1 is 0.583 bits per heavy atom. The minimum Gasteiger partial charge on any atom is -0.464 e. The van der Waals surface area contributed by atoms with Gasteiger partial charge in [0.25, 0.3) is 32.4 Å². The van der Waals surface area contributed by atoms with Crippen LogP contribution in [0.3, 0.4) is 0 Å². The lowest BCUT2D eigenvalue weighted by atomic mass is 9.73. The fraction of sp³-hybridized carbons (Fsp3) is 0.0571. The monoisotopic (exact) mass is 650 g/mol. The molecular formula is C35H22O13. The average Bonchev–Trinajstić information content (AvgIpc) is 3.09. The first-order valence-electron chi connectivity index (χ1n) is 13.9. The van der Waals surface area contributed by atoms with Crippen LogP contribution in [0.2, 0.25) is 0 Å². The highest BCUT2D eigenvalue weighted by Crippen LogP contribution is 2.43. The van der Waals surface area contributed by atoms with Gasteiger partial charge in [0, 0.05) is 23.6 Å². The molecule has 1 heterocycles. The molecule has 1 aromatic heterocycles. The lowest BCUT2D eigenvalue weighted by Gasteiger charge is -2.28. The predicted octanol–water partition coefficient (Wildman–Crippen LogP) is 4.27. The second-order valence-corrected chi connectivity index (χ2v) is 9.86. The van der Waals surface area contributed by atoms with E-state index in [9.17, 15) is 33.6 Å². The van der Waals surface area contributed by atoms with E-state index < -0.39 is 23.0 Å². The lowest BCUT2D eigenvalue weighted by molar-refractivity contribution is -0.121. The van der Waals surface area contributed by atoms with E-state index in [4.69, 9.17) is 28.1 Å². The zero-order valence-electron chi connectivity index (χ0n) is 24.5. The highest BCUT2D eigenvalue weighted by atomic mass is 16.5. The molecule has 0 amide bonds. The van der Waals surface area contributed by atoms with Gasteiger partial charge in [0.1, 0.15) is 34.3 Å². The maximum Gasteiger partial charge on any atom is 0.298 e. The molecule has 4 aromatic carbocycles. The van der Waals surface area contributed by atoms with Crippen LogP contribution in [0, 0.1) is 0 Å². The summed E-state index contributed by atoms with van der Waals surface area (Å²) in [6.45, 7) is 0.965. The number of ether oxygens (including phenoxy) is 5. The molecule has 0 aliphatic rings. The van der Waals surface area contributed by atoms with Crippen molar-refractivity contribution in [3.63, 3.8) is 0 Å². The summed E-state index contributed by atoms with van der Waals surface area (Å²) in [5.41, 5.74) is 0.168. The number of hydrogen-bond donors (Lipinski definition) is 0. The summed E-state index contributed by atoms with van der Waals surface area (Å²) in [4.78, 5) is 84.2. The van der Waals surface area contributed by atoms with Gasteiger partial charge in [-0.2, -0.15) is 0 Å². The van der Waals surface area contributed by atoms with Gasteiger partial charge >= 0.3 is 0 Å². The second-order valence-electron chi connectivity index (χ2n) is 9.86. The minimum absolute atomic E-state index is 0.0263. The first-order chi connectivity index (χ1) is 23.4. The van der Waals surface area contributed by atoms with Gasteiger partial charge in [-0.05, 0) is 59.7 Å². The lowest BCUT2D eigenvalue weighted by Crippen LogP contribution is -2.27.